The summed E-state index contributed by atoms with van der Waals surface area (Å²) in [4.78, 5) is 4.71. The third-order valence-electron chi connectivity index (χ3n) is 6.14. The largest absolute Gasteiger partial charge is 0.495 e. The Hall–Kier alpha value is -1.30. The summed E-state index contributed by atoms with van der Waals surface area (Å²) in [6.45, 7) is 11.9. The summed E-state index contributed by atoms with van der Waals surface area (Å²) < 4.78 is 11.6. The van der Waals surface area contributed by atoms with E-state index in [9.17, 15) is 5.11 Å². The quantitative estimate of drug-likeness (QED) is 0.773. The maximum atomic E-state index is 10.5. The number of benzene rings is 1. The van der Waals surface area contributed by atoms with E-state index in [0.29, 0.717) is 24.5 Å². The highest BCUT2D eigenvalue weighted by Gasteiger charge is 2.33. The van der Waals surface area contributed by atoms with Crippen molar-refractivity contribution in [2.24, 2.45) is 11.3 Å². The molecule has 158 valence electrons. The third kappa shape index (κ3) is 5.85. The first-order chi connectivity index (χ1) is 13.4. The van der Waals surface area contributed by atoms with E-state index in [4.69, 9.17) is 9.47 Å². The second kappa shape index (κ2) is 9.47. The molecule has 5 nitrogen and oxygen atoms in total. The molecule has 1 aliphatic carbocycles. The molecular formula is C23H38N2O3. The maximum absolute atomic E-state index is 10.5. The number of methoxy groups -OCH3 is 1. The second-order valence-corrected chi connectivity index (χ2v) is 9.48. The molecule has 0 unspecified atom stereocenters. The van der Waals surface area contributed by atoms with E-state index in [0.717, 1.165) is 50.5 Å². The van der Waals surface area contributed by atoms with Gasteiger partial charge in [0.05, 0.1) is 31.6 Å². The lowest BCUT2D eigenvalue weighted by Crippen LogP contribution is -2.49. The van der Waals surface area contributed by atoms with Gasteiger partial charge in [0.2, 0.25) is 0 Å². The molecule has 1 aliphatic heterocycles. The van der Waals surface area contributed by atoms with Crippen LogP contribution in [0.5, 0.6) is 5.75 Å². The Bertz CT molecular complexity index is 614. The van der Waals surface area contributed by atoms with Gasteiger partial charge < -0.3 is 19.5 Å². The van der Waals surface area contributed by atoms with Crippen LogP contribution in [0.3, 0.4) is 0 Å². The lowest BCUT2D eigenvalue weighted by atomic mass is 9.71. The van der Waals surface area contributed by atoms with Crippen LogP contribution < -0.4 is 9.64 Å². The van der Waals surface area contributed by atoms with Crippen molar-refractivity contribution in [3.05, 3.63) is 24.3 Å². The predicted molar refractivity (Wildman–Crippen MR) is 114 cm³/mol. The van der Waals surface area contributed by atoms with E-state index < -0.39 is 6.10 Å². The van der Waals surface area contributed by atoms with Gasteiger partial charge in [-0.15, -0.1) is 0 Å². The van der Waals surface area contributed by atoms with Crippen molar-refractivity contribution >= 4 is 5.69 Å². The van der Waals surface area contributed by atoms with Crippen molar-refractivity contribution in [2.45, 2.75) is 52.2 Å². The van der Waals surface area contributed by atoms with Gasteiger partial charge in [-0.25, -0.2) is 0 Å². The molecular weight excluding hydrogens is 352 g/mol. The Balaban J connectivity index is 1.41. The molecule has 0 amide bonds. The summed E-state index contributed by atoms with van der Waals surface area (Å²) in [5.74, 6) is 1.63. The zero-order chi connectivity index (χ0) is 20.1. The standard InChI is InChI=1S/C23H38N2O3/c1-18-13-20(15-23(2,3)14-18)28-17-19(26)16-24-9-11-25(12-10-24)21-7-5-6-8-22(21)27-4/h5-8,18-20,26H,9-17H2,1-4H3/t18-,19-,20-/m1/s1. The highest BCUT2D eigenvalue weighted by Crippen LogP contribution is 2.39. The molecule has 3 rings (SSSR count). The van der Waals surface area contributed by atoms with Crippen LogP contribution in [0.15, 0.2) is 24.3 Å². The highest BCUT2D eigenvalue weighted by atomic mass is 16.5. The van der Waals surface area contributed by atoms with Crippen molar-refractivity contribution in [3.8, 4) is 5.75 Å². The molecule has 2 fully saturated rings. The number of hydrogen-bond acceptors (Lipinski definition) is 5. The number of rotatable bonds is 7. The minimum Gasteiger partial charge on any atom is -0.495 e. The number of para-hydroxylation sites is 2. The fourth-order valence-corrected chi connectivity index (χ4v) is 5.05. The summed E-state index contributed by atoms with van der Waals surface area (Å²) in [6.07, 6.45) is 3.36. The molecule has 1 aromatic rings. The highest BCUT2D eigenvalue weighted by molar-refractivity contribution is 5.58. The molecule has 1 saturated carbocycles. The summed E-state index contributed by atoms with van der Waals surface area (Å²) in [5.41, 5.74) is 1.50. The van der Waals surface area contributed by atoms with E-state index in [1.807, 2.05) is 12.1 Å². The fraction of sp³-hybridized carbons (Fsp3) is 0.739. The molecule has 2 aliphatic rings. The SMILES string of the molecule is COc1ccccc1N1CCN(C[C@@H](O)CO[C@@H]2C[C@@H](C)CC(C)(C)C2)CC1. The molecule has 0 radical (unpaired) electrons. The van der Waals surface area contributed by atoms with Crippen LogP contribution in [0.4, 0.5) is 5.69 Å². The Morgan fingerprint density at radius 2 is 1.86 bits per heavy atom. The molecule has 0 spiro atoms. The number of nitrogens with zero attached hydrogens (tertiary/aromatic N) is 2. The van der Waals surface area contributed by atoms with Crippen molar-refractivity contribution < 1.29 is 14.6 Å². The summed E-state index contributed by atoms with van der Waals surface area (Å²) in [7, 11) is 1.72. The van der Waals surface area contributed by atoms with Gasteiger partial charge in [-0.1, -0.05) is 32.9 Å². The molecule has 3 atom stereocenters. The number of anilines is 1. The van der Waals surface area contributed by atoms with Gasteiger partial charge in [-0.2, -0.15) is 0 Å². The van der Waals surface area contributed by atoms with Crippen LogP contribution in [0.1, 0.15) is 40.0 Å². The first kappa shape index (κ1) is 21.4. The van der Waals surface area contributed by atoms with Crippen LogP contribution in [-0.4, -0.2) is 68.7 Å². The van der Waals surface area contributed by atoms with E-state index in [1.54, 1.807) is 7.11 Å². The normalized spacial score (nSPS) is 26.8. The van der Waals surface area contributed by atoms with E-state index in [2.05, 4.69) is 42.7 Å². The first-order valence-electron chi connectivity index (χ1n) is 10.8. The summed E-state index contributed by atoms with van der Waals surface area (Å²) in [5, 5.41) is 10.5. The van der Waals surface area contributed by atoms with E-state index in [-0.39, 0.29) is 6.10 Å². The second-order valence-electron chi connectivity index (χ2n) is 9.48. The van der Waals surface area contributed by atoms with Gasteiger partial charge in [0.1, 0.15) is 5.75 Å². The number of piperazine rings is 1. The first-order valence-corrected chi connectivity index (χ1v) is 10.8. The van der Waals surface area contributed by atoms with Gasteiger partial charge in [-0.3, -0.25) is 4.90 Å². The average Bonchev–Trinajstić information content (AvgIpc) is 2.65. The van der Waals surface area contributed by atoms with Crippen LogP contribution in [0, 0.1) is 11.3 Å². The Labute approximate surface area is 170 Å². The topological polar surface area (TPSA) is 45.2 Å². The summed E-state index contributed by atoms with van der Waals surface area (Å²) in [6, 6.07) is 8.18. The molecule has 1 saturated heterocycles. The Morgan fingerprint density at radius 3 is 2.54 bits per heavy atom. The lowest BCUT2D eigenvalue weighted by molar-refractivity contribution is -0.0615. The molecule has 5 heteroatoms. The van der Waals surface area contributed by atoms with Crippen LogP contribution in [0.25, 0.3) is 0 Å². The van der Waals surface area contributed by atoms with Crippen molar-refractivity contribution in [3.63, 3.8) is 0 Å². The van der Waals surface area contributed by atoms with Crippen molar-refractivity contribution in [1.29, 1.82) is 0 Å². The van der Waals surface area contributed by atoms with E-state index in [1.165, 1.54) is 6.42 Å². The number of aliphatic hydroxyl groups is 1. The predicted octanol–water partition coefficient (Wildman–Crippen LogP) is 3.41. The molecule has 1 heterocycles. The smallest absolute Gasteiger partial charge is 0.142 e. The fourth-order valence-electron chi connectivity index (χ4n) is 5.05. The molecule has 0 aromatic heterocycles. The molecule has 1 N–H and O–H groups in total. The molecule has 0 bridgehead atoms. The van der Waals surface area contributed by atoms with Crippen LogP contribution >= 0.6 is 0 Å². The number of β-amino-alcohol motifs (C(OH)–C–C–N with tert-alkyl or cyclic N) is 1. The zero-order valence-corrected chi connectivity index (χ0v) is 18.1. The van der Waals surface area contributed by atoms with Crippen LogP contribution in [-0.2, 0) is 4.74 Å². The van der Waals surface area contributed by atoms with Gasteiger partial charge in [0.25, 0.3) is 0 Å². The summed E-state index contributed by atoms with van der Waals surface area (Å²) >= 11 is 0. The lowest BCUT2D eigenvalue weighted by Gasteiger charge is -2.39. The van der Waals surface area contributed by atoms with Crippen molar-refractivity contribution in [1.82, 2.24) is 4.90 Å². The minimum atomic E-state index is -0.418. The number of aliphatic hydroxyl groups excluding tert-OH is 1. The monoisotopic (exact) mass is 390 g/mol. The zero-order valence-electron chi connectivity index (χ0n) is 18.1. The van der Waals surface area contributed by atoms with Gasteiger partial charge >= 0.3 is 0 Å². The van der Waals surface area contributed by atoms with Crippen molar-refractivity contribution in [2.75, 3.05) is 51.3 Å². The number of ether oxygens (including phenoxy) is 2. The van der Waals surface area contributed by atoms with Crippen LogP contribution in [0.2, 0.25) is 0 Å². The van der Waals surface area contributed by atoms with E-state index >= 15 is 0 Å². The maximum Gasteiger partial charge on any atom is 0.142 e. The number of hydrogen-bond donors (Lipinski definition) is 1. The third-order valence-corrected chi connectivity index (χ3v) is 6.14. The molecule has 28 heavy (non-hydrogen) atoms. The average molecular weight is 391 g/mol. The van der Waals surface area contributed by atoms with Gasteiger partial charge in [0, 0.05) is 32.7 Å². The Morgan fingerprint density at radius 1 is 1.14 bits per heavy atom. The minimum absolute atomic E-state index is 0.288. The van der Waals surface area contributed by atoms with Gasteiger partial charge in [-0.05, 0) is 42.7 Å². The van der Waals surface area contributed by atoms with Gasteiger partial charge in [0.15, 0.2) is 0 Å². The molecule has 1 aromatic carbocycles. The Kier molecular flexibility index (Phi) is 7.24.